The van der Waals surface area contributed by atoms with Gasteiger partial charge in [0.15, 0.2) is 11.5 Å². The number of carbonyl (C=O) groups is 1. The number of carbonyl (C=O) groups excluding carboxylic acids is 1. The van der Waals surface area contributed by atoms with Crippen LogP contribution >= 0.6 is 23.2 Å². The summed E-state index contributed by atoms with van der Waals surface area (Å²) in [6.45, 7) is 2.99. The van der Waals surface area contributed by atoms with Crippen LogP contribution in [0.4, 0.5) is 0 Å². The summed E-state index contributed by atoms with van der Waals surface area (Å²) in [5, 5.41) is 3.21. The molecule has 0 fully saturated rings. The molecule has 0 atom stereocenters. The number of rotatable bonds is 7. The Balaban J connectivity index is 2.02. The molecule has 128 valence electrons. The Morgan fingerprint density at radius 2 is 2.04 bits per heavy atom. The first kappa shape index (κ1) is 18.4. The third kappa shape index (κ3) is 4.76. The highest BCUT2D eigenvalue weighted by Gasteiger charge is 2.10. The van der Waals surface area contributed by atoms with E-state index in [1.807, 2.05) is 25.1 Å². The van der Waals surface area contributed by atoms with Crippen molar-refractivity contribution in [1.82, 2.24) is 10.3 Å². The van der Waals surface area contributed by atoms with E-state index in [1.165, 1.54) is 12.3 Å². The van der Waals surface area contributed by atoms with E-state index in [4.69, 9.17) is 32.7 Å². The zero-order valence-electron chi connectivity index (χ0n) is 13.4. The predicted octanol–water partition coefficient (Wildman–Crippen LogP) is 4.12. The van der Waals surface area contributed by atoms with Crippen LogP contribution in [-0.4, -0.2) is 24.6 Å². The molecule has 0 saturated heterocycles. The molecule has 0 bridgehead atoms. The fourth-order valence-corrected chi connectivity index (χ4v) is 2.25. The van der Waals surface area contributed by atoms with E-state index in [2.05, 4.69) is 10.3 Å². The number of amides is 1. The summed E-state index contributed by atoms with van der Waals surface area (Å²) in [4.78, 5) is 16.0. The molecule has 2 rings (SSSR count). The molecular weight excluding hydrogens is 351 g/mol. The van der Waals surface area contributed by atoms with Crippen molar-refractivity contribution in [3.63, 3.8) is 0 Å². The lowest BCUT2D eigenvalue weighted by Gasteiger charge is -2.12. The number of aromatic nitrogens is 1. The Labute approximate surface area is 150 Å². The minimum absolute atomic E-state index is 0.167. The lowest BCUT2D eigenvalue weighted by Crippen LogP contribution is -2.23. The summed E-state index contributed by atoms with van der Waals surface area (Å²) < 4.78 is 10.9. The first-order chi connectivity index (χ1) is 11.5. The van der Waals surface area contributed by atoms with Gasteiger partial charge in [0, 0.05) is 12.7 Å². The predicted molar refractivity (Wildman–Crippen MR) is 94.2 cm³/mol. The SMILES string of the molecule is CCCOc1ccc(CNC(=O)c2cnc(Cl)c(Cl)c2)cc1OC. The average molecular weight is 369 g/mol. The van der Waals surface area contributed by atoms with E-state index in [1.54, 1.807) is 7.11 Å². The van der Waals surface area contributed by atoms with Crippen molar-refractivity contribution in [2.24, 2.45) is 0 Å². The van der Waals surface area contributed by atoms with Crippen LogP contribution in [0.2, 0.25) is 10.2 Å². The van der Waals surface area contributed by atoms with Gasteiger partial charge >= 0.3 is 0 Å². The molecule has 1 heterocycles. The van der Waals surface area contributed by atoms with Gasteiger partial charge in [-0.2, -0.15) is 0 Å². The van der Waals surface area contributed by atoms with Gasteiger partial charge in [-0.25, -0.2) is 4.98 Å². The standard InChI is InChI=1S/C17H18Cl2N2O3/c1-3-6-24-14-5-4-11(7-15(14)23-2)9-21-17(22)12-8-13(18)16(19)20-10-12/h4-5,7-8,10H,3,6,9H2,1-2H3,(H,21,22). The van der Waals surface area contributed by atoms with E-state index < -0.39 is 0 Å². The van der Waals surface area contributed by atoms with Gasteiger partial charge in [-0.1, -0.05) is 36.2 Å². The van der Waals surface area contributed by atoms with Crippen molar-refractivity contribution in [3.05, 3.63) is 51.8 Å². The second-order valence-corrected chi connectivity index (χ2v) is 5.78. The maximum absolute atomic E-state index is 12.1. The van der Waals surface area contributed by atoms with Crippen molar-refractivity contribution >= 4 is 29.1 Å². The smallest absolute Gasteiger partial charge is 0.253 e. The van der Waals surface area contributed by atoms with Crippen LogP contribution in [0, 0.1) is 0 Å². The van der Waals surface area contributed by atoms with Crippen molar-refractivity contribution in [2.45, 2.75) is 19.9 Å². The van der Waals surface area contributed by atoms with Crippen molar-refractivity contribution in [2.75, 3.05) is 13.7 Å². The molecule has 0 spiro atoms. The molecule has 1 N–H and O–H groups in total. The van der Waals surface area contributed by atoms with Crippen LogP contribution in [0.1, 0.15) is 29.3 Å². The number of hydrogen-bond acceptors (Lipinski definition) is 4. The number of halogens is 2. The topological polar surface area (TPSA) is 60.5 Å². The number of benzene rings is 1. The van der Waals surface area contributed by atoms with Gasteiger partial charge in [0.05, 0.1) is 24.3 Å². The third-order valence-electron chi connectivity index (χ3n) is 3.20. The van der Waals surface area contributed by atoms with Gasteiger partial charge in [-0.05, 0) is 30.2 Å². The van der Waals surface area contributed by atoms with E-state index in [0.717, 1.165) is 12.0 Å². The van der Waals surface area contributed by atoms with E-state index in [0.29, 0.717) is 30.2 Å². The molecule has 0 radical (unpaired) electrons. The highest BCUT2D eigenvalue weighted by molar-refractivity contribution is 6.41. The Hall–Kier alpha value is -1.98. The van der Waals surface area contributed by atoms with Crippen molar-refractivity contribution < 1.29 is 14.3 Å². The first-order valence-electron chi connectivity index (χ1n) is 7.44. The lowest BCUT2D eigenvalue weighted by atomic mass is 10.2. The first-order valence-corrected chi connectivity index (χ1v) is 8.19. The third-order valence-corrected chi connectivity index (χ3v) is 3.89. The van der Waals surface area contributed by atoms with Crippen LogP contribution in [-0.2, 0) is 6.54 Å². The van der Waals surface area contributed by atoms with Gasteiger partial charge in [0.25, 0.3) is 5.91 Å². The number of pyridine rings is 1. The number of nitrogens with one attached hydrogen (secondary N) is 1. The fourth-order valence-electron chi connectivity index (χ4n) is 1.98. The Morgan fingerprint density at radius 1 is 1.25 bits per heavy atom. The zero-order valence-corrected chi connectivity index (χ0v) is 14.9. The lowest BCUT2D eigenvalue weighted by molar-refractivity contribution is 0.0950. The number of nitrogens with zero attached hydrogens (tertiary/aromatic N) is 1. The van der Waals surface area contributed by atoms with Gasteiger partial charge < -0.3 is 14.8 Å². The van der Waals surface area contributed by atoms with E-state index in [9.17, 15) is 4.79 Å². The van der Waals surface area contributed by atoms with Crippen molar-refractivity contribution in [3.8, 4) is 11.5 Å². The second-order valence-electron chi connectivity index (χ2n) is 5.01. The monoisotopic (exact) mass is 368 g/mol. The summed E-state index contributed by atoms with van der Waals surface area (Å²) in [5.74, 6) is 1.03. The summed E-state index contributed by atoms with van der Waals surface area (Å²) >= 11 is 11.6. The Morgan fingerprint density at radius 3 is 2.71 bits per heavy atom. The number of ether oxygens (including phenoxy) is 2. The molecule has 0 aliphatic rings. The normalized spacial score (nSPS) is 10.3. The molecular formula is C17H18Cl2N2O3. The Bertz CT molecular complexity index is 723. The summed E-state index contributed by atoms with van der Waals surface area (Å²) in [5.41, 5.74) is 1.23. The highest BCUT2D eigenvalue weighted by atomic mass is 35.5. The molecule has 0 aliphatic carbocycles. The maximum Gasteiger partial charge on any atom is 0.253 e. The van der Waals surface area contributed by atoms with Gasteiger partial charge in [0.2, 0.25) is 0 Å². The summed E-state index contributed by atoms with van der Waals surface area (Å²) in [6.07, 6.45) is 2.30. The van der Waals surface area contributed by atoms with Gasteiger partial charge in [-0.15, -0.1) is 0 Å². The maximum atomic E-state index is 12.1. The largest absolute Gasteiger partial charge is 0.493 e. The molecule has 0 aliphatic heterocycles. The minimum atomic E-state index is -0.286. The second kappa shape index (κ2) is 8.76. The molecule has 1 aromatic carbocycles. The van der Waals surface area contributed by atoms with Crippen LogP contribution in [0.25, 0.3) is 0 Å². The zero-order chi connectivity index (χ0) is 17.5. The quantitative estimate of drug-likeness (QED) is 0.746. The van der Waals surface area contributed by atoms with Crippen LogP contribution in [0.3, 0.4) is 0 Å². The molecule has 2 aromatic rings. The van der Waals surface area contributed by atoms with Gasteiger partial charge in [0.1, 0.15) is 5.15 Å². The molecule has 1 aromatic heterocycles. The molecule has 0 unspecified atom stereocenters. The number of methoxy groups -OCH3 is 1. The van der Waals surface area contributed by atoms with E-state index >= 15 is 0 Å². The average Bonchev–Trinajstić information content (AvgIpc) is 2.60. The van der Waals surface area contributed by atoms with E-state index in [-0.39, 0.29) is 16.1 Å². The van der Waals surface area contributed by atoms with Crippen LogP contribution in [0.5, 0.6) is 11.5 Å². The van der Waals surface area contributed by atoms with Crippen LogP contribution < -0.4 is 14.8 Å². The molecule has 1 amide bonds. The fraction of sp³-hybridized carbons (Fsp3) is 0.294. The molecule has 7 heteroatoms. The molecule has 0 saturated carbocycles. The van der Waals surface area contributed by atoms with Gasteiger partial charge in [-0.3, -0.25) is 4.79 Å². The molecule has 5 nitrogen and oxygen atoms in total. The summed E-state index contributed by atoms with van der Waals surface area (Å²) in [6, 6.07) is 7.02. The van der Waals surface area contributed by atoms with Crippen molar-refractivity contribution in [1.29, 1.82) is 0 Å². The number of hydrogen-bond donors (Lipinski definition) is 1. The summed E-state index contributed by atoms with van der Waals surface area (Å²) in [7, 11) is 1.58. The Kier molecular flexibility index (Phi) is 6.70. The van der Waals surface area contributed by atoms with Crippen LogP contribution in [0.15, 0.2) is 30.5 Å². The minimum Gasteiger partial charge on any atom is -0.493 e. The highest BCUT2D eigenvalue weighted by Crippen LogP contribution is 2.28. The molecule has 24 heavy (non-hydrogen) atoms.